The normalized spacial score (nSPS) is 19.2. The number of hydrogen-bond acceptors (Lipinski definition) is 5. The van der Waals surface area contributed by atoms with Crippen molar-refractivity contribution in [3.63, 3.8) is 0 Å². The second-order valence-electron chi connectivity index (χ2n) is 8.39. The molecule has 2 aromatic rings. The van der Waals surface area contributed by atoms with Gasteiger partial charge in [-0.3, -0.25) is 14.0 Å². The van der Waals surface area contributed by atoms with Crippen LogP contribution in [0.2, 0.25) is 5.02 Å². The van der Waals surface area contributed by atoms with Crippen LogP contribution >= 0.6 is 11.6 Å². The van der Waals surface area contributed by atoms with Gasteiger partial charge in [-0.15, -0.1) is 0 Å². The third-order valence-corrected chi connectivity index (χ3v) is 7.18. The van der Waals surface area contributed by atoms with Gasteiger partial charge in [-0.05, 0) is 55.3 Å². The Hall–Kier alpha value is -2.29. The van der Waals surface area contributed by atoms with Crippen LogP contribution in [-0.4, -0.2) is 51.2 Å². The van der Waals surface area contributed by atoms with E-state index in [2.05, 4.69) is 22.3 Å². The SMILES string of the molecule is CS(=O)(=O)N1CC(C(=O)NCc2cccc(CN3CCCCC3)c2)Oc2ccc(Cl)cc21. The predicted octanol–water partition coefficient (Wildman–Crippen LogP) is 3.17. The highest BCUT2D eigenvalue weighted by Crippen LogP contribution is 2.37. The van der Waals surface area contributed by atoms with Gasteiger partial charge in [-0.25, -0.2) is 8.42 Å². The maximum Gasteiger partial charge on any atom is 0.263 e. The number of likely N-dealkylation sites (tertiary alicyclic amines) is 1. The van der Waals surface area contributed by atoms with Gasteiger partial charge >= 0.3 is 0 Å². The average Bonchev–Trinajstić information content (AvgIpc) is 2.77. The van der Waals surface area contributed by atoms with Crippen molar-refractivity contribution in [3.05, 3.63) is 58.6 Å². The molecule has 1 unspecified atom stereocenters. The number of rotatable bonds is 6. The standard InChI is InChI=1S/C23H28ClN3O4S/c1-32(29,30)27-16-22(31-21-9-8-19(24)13-20(21)27)23(28)25-14-17-6-5-7-18(12-17)15-26-10-3-2-4-11-26/h5-9,12-13,22H,2-4,10-11,14-16H2,1H3,(H,25,28). The molecule has 0 aliphatic carbocycles. The molecular weight excluding hydrogens is 450 g/mol. The summed E-state index contributed by atoms with van der Waals surface area (Å²) in [6.07, 6.45) is 3.95. The molecule has 1 fully saturated rings. The number of fused-ring (bicyclic) bond motifs is 1. The number of anilines is 1. The van der Waals surface area contributed by atoms with Crippen LogP contribution < -0.4 is 14.4 Å². The van der Waals surface area contributed by atoms with Crippen LogP contribution in [0.4, 0.5) is 5.69 Å². The van der Waals surface area contributed by atoms with Gasteiger partial charge in [0.05, 0.1) is 18.5 Å². The monoisotopic (exact) mass is 477 g/mol. The van der Waals surface area contributed by atoms with Crippen molar-refractivity contribution in [2.75, 3.05) is 30.2 Å². The maximum atomic E-state index is 12.8. The average molecular weight is 478 g/mol. The Bertz CT molecular complexity index is 1090. The number of hydrogen-bond donors (Lipinski definition) is 1. The number of carbonyl (C=O) groups excluding carboxylic acids is 1. The highest BCUT2D eigenvalue weighted by Gasteiger charge is 2.35. The first-order chi connectivity index (χ1) is 15.3. The molecule has 7 nitrogen and oxygen atoms in total. The van der Waals surface area contributed by atoms with E-state index in [4.69, 9.17) is 16.3 Å². The number of carbonyl (C=O) groups is 1. The minimum Gasteiger partial charge on any atom is -0.476 e. The molecule has 9 heteroatoms. The number of amides is 1. The number of ether oxygens (including phenoxy) is 1. The topological polar surface area (TPSA) is 79.0 Å². The number of halogens is 1. The van der Waals surface area contributed by atoms with Crippen LogP contribution in [-0.2, 0) is 27.9 Å². The van der Waals surface area contributed by atoms with Crippen LogP contribution in [0.15, 0.2) is 42.5 Å². The van der Waals surface area contributed by atoms with E-state index >= 15 is 0 Å². The molecule has 1 N–H and O–H groups in total. The zero-order valence-electron chi connectivity index (χ0n) is 18.1. The summed E-state index contributed by atoms with van der Waals surface area (Å²) in [6, 6.07) is 12.9. The van der Waals surface area contributed by atoms with E-state index in [1.165, 1.54) is 35.2 Å². The van der Waals surface area contributed by atoms with Crippen molar-refractivity contribution in [2.24, 2.45) is 0 Å². The molecule has 4 rings (SSSR count). The highest BCUT2D eigenvalue weighted by molar-refractivity contribution is 7.92. The fraction of sp³-hybridized carbons (Fsp3) is 0.435. The Labute approximate surface area is 194 Å². The summed E-state index contributed by atoms with van der Waals surface area (Å²) in [5.41, 5.74) is 2.56. The van der Waals surface area contributed by atoms with Gasteiger partial charge < -0.3 is 10.1 Å². The van der Waals surface area contributed by atoms with Gasteiger partial charge in [-0.1, -0.05) is 42.3 Å². The smallest absolute Gasteiger partial charge is 0.263 e. The van der Waals surface area contributed by atoms with Crippen molar-refractivity contribution in [1.29, 1.82) is 0 Å². The molecule has 2 aromatic carbocycles. The number of nitrogens with zero attached hydrogens (tertiary/aromatic N) is 2. The quantitative estimate of drug-likeness (QED) is 0.691. The maximum absolute atomic E-state index is 12.8. The van der Waals surface area contributed by atoms with Crippen LogP contribution in [0, 0.1) is 0 Å². The summed E-state index contributed by atoms with van der Waals surface area (Å²) in [6.45, 7) is 3.41. The molecule has 32 heavy (non-hydrogen) atoms. The van der Waals surface area contributed by atoms with Gasteiger partial charge in [0, 0.05) is 18.1 Å². The lowest BCUT2D eigenvalue weighted by atomic mass is 10.1. The first-order valence-corrected chi connectivity index (χ1v) is 13.0. The van der Waals surface area contributed by atoms with Crippen molar-refractivity contribution in [3.8, 4) is 5.75 Å². The van der Waals surface area contributed by atoms with E-state index in [-0.39, 0.29) is 12.5 Å². The summed E-state index contributed by atoms with van der Waals surface area (Å²) >= 11 is 6.02. The third-order valence-electron chi connectivity index (χ3n) is 5.80. The predicted molar refractivity (Wildman–Crippen MR) is 125 cm³/mol. The Morgan fingerprint density at radius 2 is 1.88 bits per heavy atom. The largest absolute Gasteiger partial charge is 0.476 e. The molecule has 2 aliphatic rings. The summed E-state index contributed by atoms with van der Waals surface area (Å²) in [7, 11) is -3.60. The molecular formula is C23H28ClN3O4S. The zero-order chi connectivity index (χ0) is 22.7. The van der Waals surface area contributed by atoms with Gasteiger partial charge in [0.1, 0.15) is 5.75 Å². The number of piperidine rings is 1. The lowest BCUT2D eigenvalue weighted by Crippen LogP contribution is -2.50. The van der Waals surface area contributed by atoms with Crippen LogP contribution in [0.3, 0.4) is 0 Å². The highest BCUT2D eigenvalue weighted by atomic mass is 35.5. The first kappa shape index (κ1) is 22.9. The molecule has 0 bridgehead atoms. The number of benzene rings is 2. The minimum atomic E-state index is -3.60. The van der Waals surface area contributed by atoms with Crippen molar-refractivity contribution >= 4 is 33.2 Å². The van der Waals surface area contributed by atoms with E-state index in [0.717, 1.165) is 31.5 Å². The number of sulfonamides is 1. The molecule has 172 valence electrons. The summed E-state index contributed by atoms with van der Waals surface area (Å²) < 4.78 is 31.6. The van der Waals surface area contributed by atoms with Gasteiger partial charge in [0.2, 0.25) is 10.0 Å². The Morgan fingerprint density at radius 1 is 1.12 bits per heavy atom. The van der Waals surface area contributed by atoms with E-state index in [0.29, 0.717) is 23.0 Å². The lowest BCUT2D eigenvalue weighted by molar-refractivity contribution is -0.127. The van der Waals surface area contributed by atoms with Crippen LogP contribution in [0.1, 0.15) is 30.4 Å². The van der Waals surface area contributed by atoms with Crippen LogP contribution in [0.25, 0.3) is 0 Å². The molecule has 1 amide bonds. The fourth-order valence-electron chi connectivity index (χ4n) is 4.19. The second-order valence-corrected chi connectivity index (χ2v) is 10.7. The van der Waals surface area contributed by atoms with Gasteiger partial charge in [0.15, 0.2) is 6.10 Å². The van der Waals surface area contributed by atoms with E-state index in [9.17, 15) is 13.2 Å². The molecule has 0 aromatic heterocycles. The molecule has 1 atom stereocenters. The zero-order valence-corrected chi connectivity index (χ0v) is 19.7. The Balaban J connectivity index is 1.41. The van der Waals surface area contributed by atoms with Gasteiger partial charge in [0.25, 0.3) is 5.91 Å². The lowest BCUT2D eigenvalue weighted by Gasteiger charge is -2.34. The Morgan fingerprint density at radius 3 is 2.62 bits per heavy atom. The molecule has 0 spiro atoms. The minimum absolute atomic E-state index is 0.104. The van der Waals surface area contributed by atoms with Crippen molar-refractivity contribution in [1.82, 2.24) is 10.2 Å². The van der Waals surface area contributed by atoms with E-state index < -0.39 is 16.1 Å². The Kier molecular flexibility index (Phi) is 6.93. The molecule has 2 heterocycles. The van der Waals surface area contributed by atoms with Gasteiger partial charge in [-0.2, -0.15) is 0 Å². The molecule has 0 saturated carbocycles. The second kappa shape index (κ2) is 9.68. The molecule has 2 aliphatic heterocycles. The third kappa shape index (κ3) is 5.54. The summed E-state index contributed by atoms with van der Waals surface area (Å²) in [4.78, 5) is 15.3. The molecule has 1 saturated heterocycles. The molecule has 0 radical (unpaired) electrons. The van der Waals surface area contributed by atoms with Crippen LogP contribution in [0.5, 0.6) is 5.75 Å². The van der Waals surface area contributed by atoms with E-state index in [1.807, 2.05) is 12.1 Å². The van der Waals surface area contributed by atoms with E-state index in [1.54, 1.807) is 12.1 Å². The van der Waals surface area contributed by atoms with Crippen molar-refractivity contribution < 1.29 is 17.9 Å². The number of nitrogens with one attached hydrogen (secondary N) is 1. The first-order valence-electron chi connectivity index (χ1n) is 10.8. The fourth-order valence-corrected chi connectivity index (χ4v) is 5.26. The summed E-state index contributed by atoms with van der Waals surface area (Å²) in [5.74, 6) is -0.0459. The van der Waals surface area contributed by atoms with Crippen molar-refractivity contribution in [2.45, 2.75) is 38.5 Å². The summed E-state index contributed by atoms with van der Waals surface area (Å²) in [5, 5.41) is 3.29.